The lowest BCUT2D eigenvalue weighted by molar-refractivity contribution is -0.192. The molecule has 246 valence electrons. The fraction of sp³-hybridized carbons (Fsp3) is 0.222. The van der Waals surface area contributed by atoms with Crippen molar-refractivity contribution in [3.63, 3.8) is 0 Å². The van der Waals surface area contributed by atoms with Gasteiger partial charge in [0.1, 0.15) is 0 Å². The van der Waals surface area contributed by atoms with E-state index < -0.39 is 12.1 Å². The molecule has 12 heteroatoms. The zero-order chi connectivity index (χ0) is 34.0. The second-order valence-corrected chi connectivity index (χ2v) is 12.2. The van der Waals surface area contributed by atoms with Crippen molar-refractivity contribution in [2.45, 2.75) is 38.5 Å². The lowest BCUT2D eigenvalue weighted by atomic mass is 10.0. The van der Waals surface area contributed by atoms with Gasteiger partial charge in [0.2, 0.25) is 0 Å². The lowest BCUT2D eigenvalue weighted by Crippen LogP contribution is -2.36. The number of carbonyl (C=O) groups is 1. The molecule has 2 aromatic heterocycles. The number of carboxylic acids is 1. The van der Waals surface area contributed by atoms with E-state index in [0.717, 1.165) is 77.1 Å². The largest absolute Gasteiger partial charge is 0.490 e. The number of rotatable bonds is 5. The number of nitrogens with one attached hydrogen (secondary N) is 1. The van der Waals surface area contributed by atoms with E-state index in [0.29, 0.717) is 5.02 Å². The van der Waals surface area contributed by atoms with E-state index in [-0.39, 0.29) is 11.7 Å². The number of hydrogen-bond donors (Lipinski definition) is 2. The van der Waals surface area contributed by atoms with Crippen LogP contribution in [-0.4, -0.2) is 54.8 Å². The molecule has 0 amide bonds. The van der Waals surface area contributed by atoms with Crippen molar-refractivity contribution in [3.05, 3.63) is 118 Å². The first-order chi connectivity index (χ1) is 23.0. The minimum absolute atomic E-state index is 0.0573. The second kappa shape index (κ2) is 13.6. The minimum atomic E-state index is -5.08. The number of nitrogens with zero attached hydrogens (tertiary/aromatic N) is 4. The van der Waals surface area contributed by atoms with Crippen molar-refractivity contribution in [3.8, 4) is 22.5 Å². The molecule has 1 saturated heterocycles. The molecule has 1 fully saturated rings. The summed E-state index contributed by atoms with van der Waals surface area (Å²) in [5.41, 5.74) is 9.81. The van der Waals surface area contributed by atoms with Gasteiger partial charge in [0.05, 0.1) is 33.5 Å². The predicted octanol–water partition coefficient (Wildman–Crippen LogP) is 8.04. The topological polar surface area (TPSA) is 104 Å². The smallest absolute Gasteiger partial charge is 0.475 e. The Balaban J connectivity index is 0.000000519. The first-order valence-corrected chi connectivity index (χ1v) is 15.7. The number of likely N-dealkylation sites (tertiary alicyclic amines) is 1. The summed E-state index contributed by atoms with van der Waals surface area (Å²) in [6, 6.07) is 31.0. The average molecular weight is 674 g/mol. The Hall–Kier alpha value is -5.00. The molecule has 0 unspecified atom stereocenters. The lowest BCUT2D eigenvalue weighted by Gasteiger charge is -2.32. The Kier molecular flexibility index (Phi) is 9.34. The third kappa shape index (κ3) is 7.27. The van der Waals surface area contributed by atoms with Crippen molar-refractivity contribution in [2.24, 2.45) is 0 Å². The van der Waals surface area contributed by atoms with Crippen LogP contribution in [0.3, 0.4) is 0 Å². The summed E-state index contributed by atoms with van der Waals surface area (Å²) in [5, 5.41) is 7.76. The summed E-state index contributed by atoms with van der Waals surface area (Å²) in [5.74, 6) is -2.76. The minimum Gasteiger partial charge on any atom is -0.475 e. The SMILES string of the molecule is Cc1ccc2nc(-c3ccc(CN4CCC(n5c(=O)[nH]c6cc(Cl)ccc65)CC4)cc3)c(-c3ccccc3)nc2c1.O=C(O)C(F)(F)F. The first-order valence-electron chi connectivity index (χ1n) is 15.3. The molecule has 0 aliphatic carbocycles. The summed E-state index contributed by atoms with van der Waals surface area (Å²) in [6.45, 7) is 4.83. The van der Waals surface area contributed by atoms with Crippen LogP contribution in [0.2, 0.25) is 5.02 Å². The molecule has 0 atom stereocenters. The number of benzene rings is 4. The molecule has 8 nitrogen and oxygen atoms in total. The van der Waals surface area contributed by atoms with Gasteiger partial charge in [-0.15, -0.1) is 0 Å². The predicted molar refractivity (Wildman–Crippen MR) is 180 cm³/mol. The van der Waals surface area contributed by atoms with Gasteiger partial charge < -0.3 is 10.1 Å². The molecule has 6 aromatic rings. The molecular formula is C36H31ClF3N5O3. The molecule has 0 saturated carbocycles. The Morgan fingerprint density at radius 1 is 0.896 bits per heavy atom. The number of piperidine rings is 1. The van der Waals surface area contributed by atoms with Crippen LogP contribution >= 0.6 is 11.6 Å². The Morgan fingerprint density at radius 3 is 2.17 bits per heavy atom. The molecule has 7 rings (SSSR count). The van der Waals surface area contributed by atoms with Crippen LogP contribution in [0.15, 0.2) is 95.8 Å². The standard InChI is InChI=1S/C34H30ClN5O.C2HF3O2/c1-22-7-13-28-29(19-22)37-32(24-5-3-2-4-6-24)33(36-28)25-10-8-23(9-11-25)21-39-17-15-27(16-18-39)40-31-14-12-26(35)20-30(31)38-34(40)41;3-2(4,5)1(6)7/h2-14,19-20,27H,15-18,21H2,1H3,(H,38,41);(H,6,7). The number of aryl methyl sites for hydroxylation is 1. The van der Waals surface area contributed by atoms with Gasteiger partial charge in [-0.2, -0.15) is 13.2 Å². The Labute approximate surface area is 278 Å². The highest BCUT2D eigenvalue weighted by atomic mass is 35.5. The van der Waals surface area contributed by atoms with E-state index in [4.69, 9.17) is 31.5 Å². The molecular weight excluding hydrogens is 643 g/mol. The number of carboxylic acid groups (broad SMARTS) is 1. The zero-order valence-corrected chi connectivity index (χ0v) is 26.6. The van der Waals surface area contributed by atoms with Crippen molar-refractivity contribution < 1.29 is 23.1 Å². The van der Waals surface area contributed by atoms with E-state index in [9.17, 15) is 18.0 Å². The summed E-state index contributed by atoms with van der Waals surface area (Å²) >= 11 is 6.13. The quantitative estimate of drug-likeness (QED) is 0.192. The van der Waals surface area contributed by atoms with Crippen LogP contribution < -0.4 is 5.69 Å². The maximum atomic E-state index is 12.7. The summed E-state index contributed by atoms with van der Waals surface area (Å²) in [6.07, 6.45) is -3.22. The highest BCUT2D eigenvalue weighted by Crippen LogP contribution is 2.32. The number of fused-ring (bicyclic) bond motifs is 2. The normalized spacial score (nSPS) is 14.2. The van der Waals surface area contributed by atoms with Gasteiger partial charge in [-0.05, 0) is 61.2 Å². The van der Waals surface area contributed by atoms with Crippen molar-refractivity contribution in [1.82, 2.24) is 24.4 Å². The molecule has 0 spiro atoms. The second-order valence-electron chi connectivity index (χ2n) is 11.7. The molecule has 0 radical (unpaired) electrons. The molecule has 0 bridgehead atoms. The van der Waals surface area contributed by atoms with Gasteiger partial charge in [-0.25, -0.2) is 19.6 Å². The fourth-order valence-electron chi connectivity index (χ4n) is 5.99. The Bertz CT molecular complexity index is 2140. The fourth-order valence-corrected chi connectivity index (χ4v) is 6.16. The summed E-state index contributed by atoms with van der Waals surface area (Å²) in [4.78, 5) is 37.2. The van der Waals surface area contributed by atoms with Crippen molar-refractivity contribution >= 4 is 39.6 Å². The van der Waals surface area contributed by atoms with Gasteiger partial charge in [0, 0.05) is 41.8 Å². The van der Waals surface area contributed by atoms with E-state index in [1.807, 2.05) is 47.0 Å². The third-order valence-corrected chi connectivity index (χ3v) is 8.58. The van der Waals surface area contributed by atoms with Crippen molar-refractivity contribution in [1.29, 1.82) is 0 Å². The highest BCUT2D eigenvalue weighted by Gasteiger charge is 2.38. The van der Waals surface area contributed by atoms with E-state index >= 15 is 0 Å². The van der Waals surface area contributed by atoms with Gasteiger partial charge >= 0.3 is 17.8 Å². The van der Waals surface area contributed by atoms with Gasteiger partial charge in [0.15, 0.2) is 0 Å². The number of H-pyrrole nitrogens is 1. The van der Waals surface area contributed by atoms with Crippen LogP contribution in [0.5, 0.6) is 0 Å². The van der Waals surface area contributed by atoms with E-state index in [1.165, 1.54) is 11.1 Å². The monoisotopic (exact) mass is 673 g/mol. The number of imidazole rings is 1. The van der Waals surface area contributed by atoms with Gasteiger partial charge in [-0.3, -0.25) is 9.47 Å². The number of alkyl halides is 3. The van der Waals surface area contributed by atoms with Crippen molar-refractivity contribution in [2.75, 3.05) is 13.1 Å². The number of aromatic amines is 1. The molecule has 3 heterocycles. The summed E-state index contributed by atoms with van der Waals surface area (Å²) in [7, 11) is 0. The number of hydrogen-bond acceptors (Lipinski definition) is 5. The number of halogens is 4. The molecule has 4 aromatic carbocycles. The third-order valence-electron chi connectivity index (χ3n) is 8.34. The average Bonchev–Trinajstić information content (AvgIpc) is 3.39. The molecule has 1 aliphatic heterocycles. The molecule has 48 heavy (non-hydrogen) atoms. The van der Waals surface area contributed by atoms with Crippen LogP contribution in [0.4, 0.5) is 13.2 Å². The molecule has 1 aliphatic rings. The first kappa shape index (κ1) is 32.9. The number of aromatic nitrogens is 4. The van der Waals surface area contributed by atoms with Gasteiger partial charge in [0.25, 0.3) is 0 Å². The van der Waals surface area contributed by atoms with Crippen LogP contribution in [0, 0.1) is 6.92 Å². The van der Waals surface area contributed by atoms with E-state index in [1.54, 1.807) is 0 Å². The van der Waals surface area contributed by atoms with Gasteiger partial charge in [-0.1, -0.05) is 72.3 Å². The highest BCUT2D eigenvalue weighted by molar-refractivity contribution is 6.31. The maximum Gasteiger partial charge on any atom is 0.490 e. The van der Waals surface area contributed by atoms with E-state index in [2.05, 4.69) is 65.3 Å². The van der Waals surface area contributed by atoms with Crippen LogP contribution in [0.25, 0.3) is 44.6 Å². The Morgan fingerprint density at radius 2 is 1.52 bits per heavy atom. The zero-order valence-electron chi connectivity index (χ0n) is 25.8. The molecule has 2 N–H and O–H groups in total. The maximum absolute atomic E-state index is 12.7. The van der Waals surface area contributed by atoms with Crippen LogP contribution in [-0.2, 0) is 11.3 Å². The summed E-state index contributed by atoms with van der Waals surface area (Å²) < 4.78 is 33.6. The van der Waals surface area contributed by atoms with Crippen LogP contribution in [0.1, 0.15) is 30.0 Å². The number of aliphatic carboxylic acids is 1.